The summed E-state index contributed by atoms with van der Waals surface area (Å²) < 4.78 is 1.72. The van der Waals surface area contributed by atoms with Gasteiger partial charge in [0.15, 0.2) is 0 Å². The van der Waals surface area contributed by atoms with Crippen molar-refractivity contribution in [2.45, 2.75) is 0 Å². The van der Waals surface area contributed by atoms with E-state index < -0.39 is 0 Å². The molecule has 0 radical (unpaired) electrons. The lowest BCUT2D eigenvalue weighted by Crippen LogP contribution is -2.49. The molecule has 3 rings (SSSR count). The highest BCUT2D eigenvalue weighted by atomic mass is 32.1. The van der Waals surface area contributed by atoms with Crippen LogP contribution >= 0.6 is 11.3 Å². The Morgan fingerprint density at radius 2 is 2.09 bits per heavy atom. The Morgan fingerprint density at radius 3 is 2.73 bits per heavy atom. The number of thiazole rings is 1. The molecular formula is C14H19N5O2S. The molecule has 0 aromatic carbocycles. The summed E-state index contributed by atoms with van der Waals surface area (Å²) in [6, 6.07) is 0. The Hall–Kier alpha value is -1.77. The molecule has 1 N–H and O–H groups in total. The number of aromatic nitrogens is 3. The molecule has 0 spiro atoms. The first kappa shape index (κ1) is 15.1. The number of nitrogens with zero attached hydrogens (tertiary/aromatic N) is 5. The van der Waals surface area contributed by atoms with Gasteiger partial charge in [0.2, 0.25) is 0 Å². The van der Waals surface area contributed by atoms with Gasteiger partial charge in [0.25, 0.3) is 5.91 Å². The fourth-order valence-electron chi connectivity index (χ4n) is 2.51. The minimum Gasteiger partial charge on any atom is -0.395 e. The number of carbonyl (C=O) groups is 1. The second-order valence-corrected chi connectivity index (χ2v) is 6.32. The summed E-state index contributed by atoms with van der Waals surface area (Å²) in [6.45, 7) is 3.84. The number of amides is 1. The number of aliphatic hydroxyl groups is 1. The number of carbonyl (C=O) groups excluding carboxylic acids is 1. The normalized spacial score (nSPS) is 16.2. The molecule has 2 aromatic rings. The van der Waals surface area contributed by atoms with E-state index >= 15 is 0 Å². The van der Waals surface area contributed by atoms with Crippen LogP contribution < -0.4 is 0 Å². The maximum Gasteiger partial charge on any atom is 0.265 e. The van der Waals surface area contributed by atoms with Crippen LogP contribution in [0.25, 0.3) is 10.6 Å². The van der Waals surface area contributed by atoms with E-state index in [4.69, 9.17) is 5.11 Å². The lowest BCUT2D eigenvalue weighted by atomic mass is 10.3. The predicted octanol–water partition coefficient (Wildman–Crippen LogP) is 0.294. The maximum atomic E-state index is 12.5. The molecule has 0 unspecified atom stereocenters. The number of rotatable bonds is 4. The van der Waals surface area contributed by atoms with E-state index in [0.717, 1.165) is 23.7 Å². The Labute approximate surface area is 132 Å². The molecule has 7 nitrogen and oxygen atoms in total. The number of piperazine rings is 1. The van der Waals surface area contributed by atoms with Gasteiger partial charge in [-0.15, -0.1) is 11.3 Å². The molecule has 0 atom stereocenters. The molecule has 1 amide bonds. The van der Waals surface area contributed by atoms with Gasteiger partial charge in [0, 0.05) is 51.5 Å². The average Bonchev–Trinajstić information content (AvgIpc) is 3.16. The largest absolute Gasteiger partial charge is 0.395 e. The molecule has 1 saturated heterocycles. The zero-order valence-electron chi connectivity index (χ0n) is 12.5. The van der Waals surface area contributed by atoms with Crippen LogP contribution in [0.15, 0.2) is 18.6 Å². The summed E-state index contributed by atoms with van der Waals surface area (Å²) in [5.41, 5.74) is 0.930. The van der Waals surface area contributed by atoms with E-state index in [2.05, 4.69) is 15.0 Å². The Balaban J connectivity index is 1.65. The van der Waals surface area contributed by atoms with Gasteiger partial charge in [-0.3, -0.25) is 14.4 Å². The topological polar surface area (TPSA) is 74.5 Å². The van der Waals surface area contributed by atoms with Gasteiger partial charge in [-0.25, -0.2) is 4.98 Å². The van der Waals surface area contributed by atoms with E-state index in [-0.39, 0.29) is 12.5 Å². The van der Waals surface area contributed by atoms with E-state index in [9.17, 15) is 4.79 Å². The van der Waals surface area contributed by atoms with Crippen molar-refractivity contribution in [1.29, 1.82) is 0 Å². The van der Waals surface area contributed by atoms with Crippen molar-refractivity contribution in [2.75, 3.05) is 39.3 Å². The van der Waals surface area contributed by atoms with Gasteiger partial charge < -0.3 is 10.0 Å². The van der Waals surface area contributed by atoms with Crippen LogP contribution in [0.5, 0.6) is 0 Å². The summed E-state index contributed by atoms with van der Waals surface area (Å²) in [5.74, 6) is 0.0382. The number of aliphatic hydroxyl groups excluding tert-OH is 1. The number of aryl methyl sites for hydroxylation is 1. The first-order chi connectivity index (χ1) is 10.7. The molecule has 0 bridgehead atoms. The predicted molar refractivity (Wildman–Crippen MR) is 83.7 cm³/mol. The van der Waals surface area contributed by atoms with Crippen molar-refractivity contribution in [2.24, 2.45) is 7.05 Å². The van der Waals surface area contributed by atoms with Crippen molar-refractivity contribution in [3.63, 3.8) is 0 Å². The highest BCUT2D eigenvalue weighted by Crippen LogP contribution is 2.25. The number of hydrogen-bond acceptors (Lipinski definition) is 6. The lowest BCUT2D eigenvalue weighted by Gasteiger charge is -2.34. The van der Waals surface area contributed by atoms with Crippen LogP contribution in [0.3, 0.4) is 0 Å². The first-order valence-electron chi connectivity index (χ1n) is 7.24. The molecule has 1 fully saturated rings. The lowest BCUT2D eigenvalue weighted by molar-refractivity contribution is 0.0619. The molecule has 118 valence electrons. The second-order valence-electron chi connectivity index (χ2n) is 5.29. The quantitative estimate of drug-likeness (QED) is 0.876. The number of β-amino-alcohol motifs (C(OH)–C–C–N with tert-alkyl or cyclic N) is 1. The highest BCUT2D eigenvalue weighted by Gasteiger charge is 2.23. The first-order valence-corrected chi connectivity index (χ1v) is 8.06. The van der Waals surface area contributed by atoms with Crippen molar-refractivity contribution < 1.29 is 9.90 Å². The maximum absolute atomic E-state index is 12.5. The molecule has 22 heavy (non-hydrogen) atoms. The molecule has 0 aliphatic carbocycles. The third-order valence-electron chi connectivity index (χ3n) is 3.74. The monoisotopic (exact) mass is 321 g/mol. The average molecular weight is 321 g/mol. The van der Waals surface area contributed by atoms with Crippen molar-refractivity contribution in [1.82, 2.24) is 24.6 Å². The molecule has 2 aromatic heterocycles. The van der Waals surface area contributed by atoms with Crippen molar-refractivity contribution >= 4 is 17.2 Å². The van der Waals surface area contributed by atoms with Crippen LogP contribution in [0.4, 0.5) is 0 Å². The smallest absolute Gasteiger partial charge is 0.265 e. The van der Waals surface area contributed by atoms with Gasteiger partial charge in [0.1, 0.15) is 9.88 Å². The van der Waals surface area contributed by atoms with Crippen LogP contribution in [0.2, 0.25) is 0 Å². The SMILES string of the molecule is Cn1cc(-c2ncc(C(=O)N3CCN(CCO)CC3)s2)cn1. The van der Waals surface area contributed by atoms with E-state index in [1.807, 2.05) is 18.1 Å². The summed E-state index contributed by atoms with van der Waals surface area (Å²) in [7, 11) is 1.86. The zero-order valence-corrected chi connectivity index (χ0v) is 13.3. The summed E-state index contributed by atoms with van der Waals surface area (Å²) in [4.78, 5) is 21.5. The van der Waals surface area contributed by atoms with Gasteiger partial charge in [-0.05, 0) is 0 Å². The molecular weight excluding hydrogens is 302 g/mol. The highest BCUT2D eigenvalue weighted by molar-refractivity contribution is 7.16. The van der Waals surface area contributed by atoms with Crippen molar-refractivity contribution in [3.05, 3.63) is 23.5 Å². The van der Waals surface area contributed by atoms with Crippen LogP contribution in [0, 0.1) is 0 Å². The minimum atomic E-state index is 0.0382. The Bertz CT molecular complexity index is 645. The van der Waals surface area contributed by atoms with Gasteiger partial charge in [-0.2, -0.15) is 5.10 Å². The Morgan fingerprint density at radius 1 is 1.32 bits per heavy atom. The fourth-order valence-corrected chi connectivity index (χ4v) is 3.37. The van der Waals surface area contributed by atoms with Crippen LogP contribution in [0.1, 0.15) is 9.67 Å². The van der Waals surface area contributed by atoms with Gasteiger partial charge >= 0.3 is 0 Å². The van der Waals surface area contributed by atoms with E-state index in [1.165, 1.54) is 11.3 Å². The number of hydrogen-bond donors (Lipinski definition) is 1. The van der Waals surface area contributed by atoms with Gasteiger partial charge in [-0.1, -0.05) is 0 Å². The van der Waals surface area contributed by atoms with E-state index in [1.54, 1.807) is 17.1 Å². The fraction of sp³-hybridized carbons (Fsp3) is 0.500. The second kappa shape index (κ2) is 6.55. The summed E-state index contributed by atoms with van der Waals surface area (Å²) in [5, 5.41) is 13.9. The third-order valence-corrected chi connectivity index (χ3v) is 4.78. The Kier molecular flexibility index (Phi) is 4.51. The molecule has 1 aliphatic rings. The molecule has 1 aliphatic heterocycles. The van der Waals surface area contributed by atoms with E-state index in [0.29, 0.717) is 24.5 Å². The molecule has 8 heteroatoms. The van der Waals surface area contributed by atoms with Crippen molar-refractivity contribution in [3.8, 4) is 10.6 Å². The van der Waals surface area contributed by atoms with Crippen LogP contribution in [-0.4, -0.2) is 74.9 Å². The summed E-state index contributed by atoms with van der Waals surface area (Å²) in [6.07, 6.45) is 5.29. The molecule has 3 heterocycles. The third kappa shape index (κ3) is 3.18. The van der Waals surface area contributed by atoms with Gasteiger partial charge in [0.05, 0.1) is 19.0 Å². The standard InChI is InChI=1S/C14H19N5O2S/c1-17-10-11(8-16-17)13-15-9-12(22-13)14(21)19-4-2-18(3-5-19)6-7-20/h8-10,20H,2-7H2,1H3. The molecule has 0 saturated carbocycles. The summed E-state index contributed by atoms with van der Waals surface area (Å²) >= 11 is 1.40. The zero-order chi connectivity index (χ0) is 15.5. The van der Waals surface area contributed by atoms with Crippen LogP contribution in [-0.2, 0) is 7.05 Å². The minimum absolute atomic E-state index is 0.0382.